The standard InChI is InChI=1S/C12H26B/c1-7-8-11(2,3)9-12(4,5)10-13-6/h7-10H2,1-6H3. The van der Waals surface area contributed by atoms with Crippen molar-refractivity contribution < 1.29 is 0 Å². The van der Waals surface area contributed by atoms with Gasteiger partial charge in [-0.3, -0.25) is 0 Å². The Morgan fingerprint density at radius 1 is 1.00 bits per heavy atom. The molecule has 1 heteroatoms. The highest BCUT2D eigenvalue weighted by atomic mass is 14.3. The fourth-order valence-electron chi connectivity index (χ4n) is 2.69. The molecule has 77 valence electrons. The first-order chi connectivity index (χ1) is 5.83. The Bertz CT molecular complexity index is 120. The molecule has 0 aliphatic heterocycles. The highest BCUT2D eigenvalue weighted by Crippen LogP contribution is 2.39. The molecule has 0 bridgehead atoms. The molecule has 0 fully saturated rings. The molecule has 0 aliphatic rings. The minimum absolute atomic E-state index is 0.480. The molecule has 0 saturated carbocycles. The normalized spacial score (nSPS) is 13.1. The van der Waals surface area contributed by atoms with Gasteiger partial charge in [-0.2, -0.15) is 0 Å². The molecule has 0 atom stereocenters. The molecule has 0 aromatic rings. The second-order valence-electron chi connectivity index (χ2n) is 5.87. The largest absolute Gasteiger partial charge is 0.106 e. The summed E-state index contributed by atoms with van der Waals surface area (Å²) < 4.78 is 0. The van der Waals surface area contributed by atoms with Gasteiger partial charge in [-0.1, -0.05) is 54.2 Å². The Morgan fingerprint density at radius 2 is 1.54 bits per heavy atom. The molecule has 0 spiro atoms. The maximum Gasteiger partial charge on any atom is 0.106 e. The lowest BCUT2D eigenvalue weighted by atomic mass is 9.61. The van der Waals surface area contributed by atoms with E-state index in [0.29, 0.717) is 10.8 Å². The van der Waals surface area contributed by atoms with Crippen LogP contribution in [0.1, 0.15) is 53.9 Å². The molecule has 0 N–H and O–H groups in total. The molecule has 0 aromatic carbocycles. The van der Waals surface area contributed by atoms with Crippen molar-refractivity contribution in [2.75, 3.05) is 0 Å². The Balaban J connectivity index is 4.07. The second kappa shape index (κ2) is 5.07. The topological polar surface area (TPSA) is 0 Å². The summed E-state index contributed by atoms with van der Waals surface area (Å²) in [5.41, 5.74) is 0.995. The minimum atomic E-state index is 0.480. The van der Waals surface area contributed by atoms with E-state index in [4.69, 9.17) is 0 Å². The summed E-state index contributed by atoms with van der Waals surface area (Å²) in [6, 6.07) is 0. The molecule has 0 heterocycles. The van der Waals surface area contributed by atoms with E-state index >= 15 is 0 Å². The Hall–Kier alpha value is 0.0649. The van der Waals surface area contributed by atoms with E-state index < -0.39 is 0 Å². The van der Waals surface area contributed by atoms with Gasteiger partial charge < -0.3 is 0 Å². The molecule has 0 aliphatic carbocycles. The van der Waals surface area contributed by atoms with Gasteiger partial charge in [0.15, 0.2) is 0 Å². The molecule has 13 heavy (non-hydrogen) atoms. The molecule has 0 nitrogen and oxygen atoms in total. The van der Waals surface area contributed by atoms with E-state index in [1.165, 1.54) is 25.6 Å². The summed E-state index contributed by atoms with van der Waals surface area (Å²) in [5, 5.41) is 0. The number of rotatable bonds is 6. The molecule has 0 rings (SSSR count). The van der Waals surface area contributed by atoms with Gasteiger partial charge in [0, 0.05) is 0 Å². The van der Waals surface area contributed by atoms with E-state index in [1.54, 1.807) is 0 Å². The van der Waals surface area contributed by atoms with Crippen molar-refractivity contribution in [2.45, 2.75) is 67.0 Å². The summed E-state index contributed by atoms with van der Waals surface area (Å²) in [5.74, 6) is 0. The van der Waals surface area contributed by atoms with Crippen LogP contribution in [0, 0.1) is 10.8 Å². The summed E-state index contributed by atoms with van der Waals surface area (Å²) >= 11 is 0. The van der Waals surface area contributed by atoms with Crippen LogP contribution in [0.25, 0.3) is 0 Å². The minimum Gasteiger partial charge on any atom is -0.0920 e. The predicted octanol–water partition coefficient (Wildman–Crippen LogP) is 4.40. The maximum absolute atomic E-state index is 2.40. The van der Waals surface area contributed by atoms with Gasteiger partial charge in [-0.25, -0.2) is 0 Å². The van der Waals surface area contributed by atoms with Crippen LogP contribution in [-0.4, -0.2) is 7.28 Å². The van der Waals surface area contributed by atoms with Crippen molar-refractivity contribution in [1.82, 2.24) is 0 Å². The molecule has 0 saturated heterocycles. The lowest BCUT2D eigenvalue weighted by Gasteiger charge is -2.35. The molecular formula is C12H26B. The zero-order valence-electron chi connectivity index (χ0n) is 10.4. The molecule has 0 aromatic heterocycles. The zero-order chi connectivity index (χ0) is 10.5. The average molecular weight is 181 g/mol. The Kier molecular flexibility index (Phi) is 5.10. The average Bonchev–Trinajstić information content (AvgIpc) is 1.82. The van der Waals surface area contributed by atoms with Gasteiger partial charge >= 0.3 is 0 Å². The van der Waals surface area contributed by atoms with Gasteiger partial charge in [-0.05, 0) is 23.7 Å². The fourth-order valence-corrected chi connectivity index (χ4v) is 2.69. The van der Waals surface area contributed by atoms with E-state index in [0.717, 1.165) is 0 Å². The van der Waals surface area contributed by atoms with Gasteiger partial charge in [0.25, 0.3) is 0 Å². The van der Waals surface area contributed by atoms with E-state index in [2.05, 4.69) is 48.7 Å². The SMILES string of the molecule is C[B]CC(C)(C)CC(C)(C)CCC. The highest BCUT2D eigenvalue weighted by molar-refractivity contribution is 6.33. The van der Waals surface area contributed by atoms with E-state index in [9.17, 15) is 0 Å². The van der Waals surface area contributed by atoms with Gasteiger partial charge in [0.05, 0.1) is 0 Å². The first kappa shape index (κ1) is 13.1. The third-order valence-corrected chi connectivity index (χ3v) is 2.64. The zero-order valence-corrected chi connectivity index (χ0v) is 10.4. The van der Waals surface area contributed by atoms with Crippen LogP contribution in [0.15, 0.2) is 0 Å². The van der Waals surface area contributed by atoms with Crippen LogP contribution in [0.3, 0.4) is 0 Å². The van der Waals surface area contributed by atoms with Crippen molar-refractivity contribution in [3.05, 3.63) is 0 Å². The smallest absolute Gasteiger partial charge is 0.0920 e. The Labute approximate surface area is 85.7 Å². The van der Waals surface area contributed by atoms with Crippen LogP contribution in [0.4, 0.5) is 0 Å². The first-order valence-corrected chi connectivity index (χ1v) is 5.61. The molecule has 0 unspecified atom stereocenters. The van der Waals surface area contributed by atoms with Gasteiger partial charge in [0.1, 0.15) is 7.28 Å². The quantitative estimate of drug-likeness (QED) is 0.532. The Morgan fingerprint density at radius 3 is 1.92 bits per heavy atom. The van der Waals surface area contributed by atoms with Crippen molar-refractivity contribution >= 4 is 7.28 Å². The van der Waals surface area contributed by atoms with Gasteiger partial charge in [0.2, 0.25) is 0 Å². The van der Waals surface area contributed by atoms with Crippen molar-refractivity contribution in [3.63, 3.8) is 0 Å². The molecule has 1 radical (unpaired) electrons. The van der Waals surface area contributed by atoms with E-state index in [1.807, 2.05) is 0 Å². The van der Waals surface area contributed by atoms with Crippen LogP contribution >= 0.6 is 0 Å². The lowest BCUT2D eigenvalue weighted by Crippen LogP contribution is -2.23. The highest BCUT2D eigenvalue weighted by Gasteiger charge is 2.27. The van der Waals surface area contributed by atoms with Gasteiger partial charge in [-0.15, -0.1) is 0 Å². The number of hydrogen-bond acceptors (Lipinski definition) is 0. The van der Waals surface area contributed by atoms with E-state index in [-0.39, 0.29) is 0 Å². The fraction of sp³-hybridized carbons (Fsp3) is 1.00. The predicted molar refractivity (Wildman–Crippen MR) is 63.5 cm³/mol. The van der Waals surface area contributed by atoms with Crippen molar-refractivity contribution in [2.24, 2.45) is 10.8 Å². The van der Waals surface area contributed by atoms with Crippen LogP contribution < -0.4 is 0 Å². The number of hydrogen-bond donors (Lipinski definition) is 0. The molecular weight excluding hydrogens is 155 g/mol. The second-order valence-corrected chi connectivity index (χ2v) is 5.87. The maximum atomic E-state index is 2.40. The summed E-state index contributed by atoms with van der Waals surface area (Å²) in [4.78, 5) is 0. The lowest BCUT2D eigenvalue weighted by molar-refractivity contribution is 0.197. The third-order valence-electron chi connectivity index (χ3n) is 2.64. The van der Waals surface area contributed by atoms with Crippen molar-refractivity contribution in [3.8, 4) is 0 Å². The summed E-state index contributed by atoms with van der Waals surface area (Å²) in [6.07, 6.45) is 5.22. The third kappa shape index (κ3) is 6.18. The van der Waals surface area contributed by atoms with Crippen LogP contribution in [0.5, 0.6) is 0 Å². The summed E-state index contributed by atoms with van der Waals surface area (Å²) in [7, 11) is 2.29. The molecule has 0 amide bonds. The van der Waals surface area contributed by atoms with Crippen LogP contribution in [-0.2, 0) is 0 Å². The monoisotopic (exact) mass is 181 g/mol. The first-order valence-electron chi connectivity index (χ1n) is 5.61. The van der Waals surface area contributed by atoms with Crippen LogP contribution in [0.2, 0.25) is 13.1 Å². The van der Waals surface area contributed by atoms with Crippen molar-refractivity contribution in [1.29, 1.82) is 0 Å². The summed E-state index contributed by atoms with van der Waals surface area (Å²) in [6.45, 7) is 14.0.